The lowest BCUT2D eigenvalue weighted by Crippen LogP contribution is -2.45. The van der Waals surface area contributed by atoms with Gasteiger partial charge in [0.15, 0.2) is 5.78 Å². The molecule has 1 N–H and O–H groups in total. The molecule has 0 aromatic heterocycles. The van der Waals surface area contributed by atoms with Gasteiger partial charge >= 0.3 is 0 Å². The Bertz CT molecular complexity index is 633. The van der Waals surface area contributed by atoms with Crippen LogP contribution in [0.2, 0.25) is 5.02 Å². The van der Waals surface area contributed by atoms with Gasteiger partial charge in [-0.05, 0) is 43.6 Å². The fourth-order valence-electron chi connectivity index (χ4n) is 3.16. The Morgan fingerprint density at radius 3 is 2.24 bits per heavy atom. The lowest BCUT2D eigenvalue weighted by molar-refractivity contribution is 0.0847. The van der Waals surface area contributed by atoms with Crippen molar-refractivity contribution < 1.29 is 4.79 Å². The molecule has 1 aliphatic heterocycles. The van der Waals surface area contributed by atoms with Gasteiger partial charge in [0.25, 0.3) is 0 Å². The summed E-state index contributed by atoms with van der Waals surface area (Å²) in [4.78, 5) is 13.2. The Labute approximate surface area is 130 Å². The second kappa shape index (κ2) is 6.00. The van der Waals surface area contributed by atoms with E-state index < -0.39 is 5.41 Å². The number of nitrogens with one attached hydrogen (secondary N) is 1. The zero-order chi connectivity index (χ0) is 14.7. The quantitative estimate of drug-likeness (QED) is 0.872. The van der Waals surface area contributed by atoms with E-state index in [4.69, 9.17) is 11.6 Å². The maximum absolute atomic E-state index is 13.2. The topological polar surface area (TPSA) is 29.1 Å². The number of carbonyl (C=O) groups excluding carboxylic acids is 1. The SMILES string of the molecule is O=C(c1ccccc1Cl)C1(c2ccccc2)CCNCC1. The summed E-state index contributed by atoms with van der Waals surface area (Å²) < 4.78 is 0. The zero-order valence-electron chi connectivity index (χ0n) is 11.8. The van der Waals surface area contributed by atoms with E-state index in [1.807, 2.05) is 36.4 Å². The van der Waals surface area contributed by atoms with Crippen molar-refractivity contribution in [1.29, 1.82) is 0 Å². The van der Waals surface area contributed by atoms with Gasteiger partial charge in [-0.2, -0.15) is 0 Å². The molecule has 1 heterocycles. The van der Waals surface area contributed by atoms with E-state index in [1.54, 1.807) is 6.07 Å². The van der Waals surface area contributed by atoms with Crippen LogP contribution in [0.3, 0.4) is 0 Å². The number of hydrogen-bond acceptors (Lipinski definition) is 2. The van der Waals surface area contributed by atoms with E-state index in [-0.39, 0.29) is 5.78 Å². The minimum absolute atomic E-state index is 0.140. The number of benzene rings is 2. The molecule has 2 nitrogen and oxygen atoms in total. The van der Waals surface area contributed by atoms with Crippen molar-refractivity contribution in [3.63, 3.8) is 0 Å². The van der Waals surface area contributed by atoms with Crippen LogP contribution in [0.4, 0.5) is 0 Å². The Balaban J connectivity index is 2.08. The van der Waals surface area contributed by atoms with Gasteiger partial charge in [-0.15, -0.1) is 0 Å². The molecule has 0 unspecified atom stereocenters. The standard InChI is InChI=1S/C18H18ClNO/c19-16-9-5-4-8-15(16)17(21)18(10-12-20-13-11-18)14-6-2-1-3-7-14/h1-9,20H,10-13H2. The third-order valence-electron chi connectivity index (χ3n) is 4.34. The highest BCUT2D eigenvalue weighted by Crippen LogP contribution is 2.38. The van der Waals surface area contributed by atoms with Crippen LogP contribution in [0, 0.1) is 0 Å². The van der Waals surface area contributed by atoms with Crippen LogP contribution in [-0.4, -0.2) is 18.9 Å². The van der Waals surface area contributed by atoms with E-state index in [9.17, 15) is 4.79 Å². The fraction of sp³-hybridized carbons (Fsp3) is 0.278. The zero-order valence-corrected chi connectivity index (χ0v) is 12.6. The molecule has 1 aliphatic rings. The van der Waals surface area contributed by atoms with Crippen LogP contribution in [0.25, 0.3) is 0 Å². The molecular weight excluding hydrogens is 282 g/mol. The summed E-state index contributed by atoms with van der Waals surface area (Å²) in [5.41, 5.74) is 1.26. The van der Waals surface area contributed by atoms with Crippen LogP contribution in [0.1, 0.15) is 28.8 Å². The molecule has 2 aromatic carbocycles. The molecule has 3 heteroatoms. The van der Waals surface area contributed by atoms with E-state index in [1.165, 1.54) is 0 Å². The molecule has 1 fully saturated rings. The molecule has 3 rings (SSSR count). The highest BCUT2D eigenvalue weighted by Gasteiger charge is 2.41. The van der Waals surface area contributed by atoms with Crippen LogP contribution in [-0.2, 0) is 5.41 Å². The Morgan fingerprint density at radius 1 is 0.952 bits per heavy atom. The summed E-state index contributed by atoms with van der Waals surface area (Å²) in [5.74, 6) is 0.140. The predicted octanol–water partition coefficient (Wildman–Crippen LogP) is 3.84. The molecular formula is C18H18ClNO. The molecule has 0 amide bonds. The van der Waals surface area contributed by atoms with Crippen molar-refractivity contribution in [3.8, 4) is 0 Å². The summed E-state index contributed by atoms with van der Waals surface area (Å²) in [7, 11) is 0. The van der Waals surface area contributed by atoms with Crippen molar-refractivity contribution in [2.24, 2.45) is 0 Å². The summed E-state index contributed by atoms with van der Waals surface area (Å²) in [5, 5.41) is 3.88. The number of Topliss-reactive ketones (excluding diaryl/α,β-unsaturated/α-hetero) is 1. The van der Waals surface area contributed by atoms with E-state index in [2.05, 4.69) is 17.4 Å². The minimum Gasteiger partial charge on any atom is -0.317 e. The largest absolute Gasteiger partial charge is 0.317 e. The molecule has 21 heavy (non-hydrogen) atoms. The van der Waals surface area contributed by atoms with Crippen LogP contribution >= 0.6 is 11.6 Å². The molecule has 0 atom stereocenters. The van der Waals surface area contributed by atoms with Crippen molar-refractivity contribution >= 4 is 17.4 Å². The number of piperidine rings is 1. The van der Waals surface area contributed by atoms with E-state index in [0.717, 1.165) is 31.5 Å². The number of rotatable bonds is 3. The molecule has 0 radical (unpaired) electrons. The van der Waals surface area contributed by atoms with Gasteiger partial charge in [-0.1, -0.05) is 54.1 Å². The van der Waals surface area contributed by atoms with Gasteiger partial charge in [-0.25, -0.2) is 0 Å². The normalized spacial score (nSPS) is 17.4. The molecule has 2 aromatic rings. The average Bonchev–Trinajstić information content (AvgIpc) is 2.56. The van der Waals surface area contributed by atoms with Crippen LogP contribution < -0.4 is 5.32 Å². The van der Waals surface area contributed by atoms with Gasteiger partial charge in [-0.3, -0.25) is 4.79 Å². The number of carbonyl (C=O) groups is 1. The van der Waals surface area contributed by atoms with Crippen molar-refractivity contribution in [2.45, 2.75) is 18.3 Å². The molecule has 1 saturated heterocycles. The molecule has 0 spiro atoms. The minimum atomic E-state index is -0.461. The first-order valence-electron chi connectivity index (χ1n) is 7.30. The molecule has 0 saturated carbocycles. The number of ketones is 1. The van der Waals surface area contributed by atoms with Crippen LogP contribution in [0.15, 0.2) is 54.6 Å². The summed E-state index contributed by atoms with van der Waals surface area (Å²) in [6, 6.07) is 17.4. The van der Waals surface area contributed by atoms with E-state index >= 15 is 0 Å². The van der Waals surface area contributed by atoms with Crippen molar-refractivity contribution in [2.75, 3.05) is 13.1 Å². The fourth-order valence-corrected chi connectivity index (χ4v) is 3.38. The van der Waals surface area contributed by atoms with Gasteiger partial charge in [0.05, 0.1) is 10.4 Å². The number of hydrogen-bond donors (Lipinski definition) is 1. The first kappa shape index (κ1) is 14.3. The third kappa shape index (κ3) is 2.61. The molecule has 0 aliphatic carbocycles. The highest BCUT2D eigenvalue weighted by molar-refractivity contribution is 6.34. The first-order valence-corrected chi connectivity index (χ1v) is 7.67. The monoisotopic (exact) mass is 299 g/mol. The lowest BCUT2D eigenvalue weighted by Gasteiger charge is -2.37. The Morgan fingerprint density at radius 2 is 1.57 bits per heavy atom. The van der Waals surface area contributed by atoms with Gasteiger partial charge in [0.2, 0.25) is 0 Å². The maximum Gasteiger partial charge on any atom is 0.174 e. The summed E-state index contributed by atoms with van der Waals surface area (Å²) in [6.07, 6.45) is 1.61. The summed E-state index contributed by atoms with van der Waals surface area (Å²) in [6.45, 7) is 1.70. The first-order chi connectivity index (χ1) is 10.2. The van der Waals surface area contributed by atoms with Gasteiger partial charge in [0.1, 0.15) is 0 Å². The Kier molecular flexibility index (Phi) is 4.09. The maximum atomic E-state index is 13.2. The van der Waals surface area contributed by atoms with E-state index in [0.29, 0.717) is 10.6 Å². The summed E-state index contributed by atoms with van der Waals surface area (Å²) >= 11 is 6.25. The lowest BCUT2D eigenvalue weighted by atomic mass is 9.68. The second-order valence-corrected chi connectivity index (χ2v) is 5.91. The van der Waals surface area contributed by atoms with Crippen molar-refractivity contribution in [3.05, 3.63) is 70.7 Å². The molecule has 0 bridgehead atoms. The third-order valence-corrected chi connectivity index (χ3v) is 4.67. The Hall–Kier alpha value is -1.64. The molecule has 108 valence electrons. The number of halogens is 1. The van der Waals surface area contributed by atoms with Crippen molar-refractivity contribution in [1.82, 2.24) is 5.32 Å². The van der Waals surface area contributed by atoms with Gasteiger partial charge < -0.3 is 5.32 Å². The van der Waals surface area contributed by atoms with Crippen LogP contribution in [0.5, 0.6) is 0 Å². The highest BCUT2D eigenvalue weighted by atomic mass is 35.5. The van der Waals surface area contributed by atoms with Gasteiger partial charge in [0, 0.05) is 5.56 Å². The average molecular weight is 300 g/mol. The second-order valence-electron chi connectivity index (χ2n) is 5.51. The smallest absolute Gasteiger partial charge is 0.174 e. The predicted molar refractivity (Wildman–Crippen MR) is 86.0 cm³/mol.